The molecule has 0 spiro atoms. The molecule has 0 bridgehead atoms. The molecule has 0 heterocycles. The molecule has 0 aliphatic carbocycles. The molecule has 0 atom stereocenters. The highest BCUT2D eigenvalue weighted by Crippen LogP contribution is 2.33. The van der Waals surface area contributed by atoms with Gasteiger partial charge in [-0.15, -0.1) is 0 Å². The van der Waals surface area contributed by atoms with E-state index in [4.69, 9.17) is 14.2 Å². The maximum atomic E-state index is 12.6. The highest BCUT2D eigenvalue weighted by Gasteiger charge is 2.14. The number of ether oxygens (including phenoxy) is 3. The minimum atomic E-state index is -0.502. The minimum Gasteiger partial charge on any atom is -0.423 e. The van der Waals surface area contributed by atoms with Crippen LogP contribution in [0, 0.1) is 0 Å². The third-order valence-corrected chi connectivity index (χ3v) is 5.59. The van der Waals surface area contributed by atoms with Crippen molar-refractivity contribution in [2.75, 3.05) is 0 Å². The molecule has 0 amide bonds. The lowest BCUT2D eigenvalue weighted by molar-refractivity contribution is -0.131. The van der Waals surface area contributed by atoms with Crippen LogP contribution in [0.1, 0.15) is 38.8 Å². The van der Waals surface area contributed by atoms with E-state index in [2.05, 4.69) is 13.2 Å². The number of carbonyl (C=O) groups excluding carboxylic acids is 3. The van der Waals surface area contributed by atoms with Crippen molar-refractivity contribution in [2.45, 2.75) is 27.7 Å². The molecule has 3 aromatic carbocycles. The Bertz CT molecular complexity index is 1470. The van der Waals surface area contributed by atoms with Gasteiger partial charge in [-0.2, -0.15) is 0 Å². The summed E-state index contributed by atoms with van der Waals surface area (Å²) in [4.78, 5) is 36.1. The summed E-state index contributed by atoms with van der Waals surface area (Å²) in [6, 6.07) is 19.5. The van der Waals surface area contributed by atoms with E-state index in [1.165, 1.54) is 0 Å². The smallest absolute Gasteiger partial charge is 0.338 e. The van der Waals surface area contributed by atoms with Crippen molar-refractivity contribution in [1.29, 1.82) is 0 Å². The first-order valence-corrected chi connectivity index (χ1v) is 12.2. The second-order valence-corrected chi connectivity index (χ2v) is 8.88. The first-order chi connectivity index (χ1) is 18.6. The molecular formula is C33H30O6. The van der Waals surface area contributed by atoms with Crippen LogP contribution in [-0.4, -0.2) is 17.9 Å². The van der Waals surface area contributed by atoms with Gasteiger partial charge >= 0.3 is 17.9 Å². The Morgan fingerprint density at radius 2 is 1.13 bits per heavy atom. The maximum absolute atomic E-state index is 12.6. The van der Waals surface area contributed by atoms with E-state index in [1.807, 2.05) is 36.4 Å². The van der Waals surface area contributed by atoms with Gasteiger partial charge in [0.15, 0.2) is 0 Å². The standard InChI is InChI=1S/C33H30O6/c1-7-23(6)33(36)39-30-20-25(9-8-24-10-15-27(16-11-24)37-31(34)21(2)3)12-19-29(30)26-13-17-28(18-14-26)38-32(35)22(4)5/h7-20H,2,4H2,1,3,5-6H3/b9-8+,23-7+. The number of esters is 3. The molecule has 3 rings (SSSR count). The quantitative estimate of drug-likeness (QED) is 0.126. The topological polar surface area (TPSA) is 78.9 Å². The Balaban J connectivity index is 1.87. The molecule has 0 aromatic heterocycles. The molecule has 0 saturated carbocycles. The van der Waals surface area contributed by atoms with Gasteiger partial charge in [-0.05, 0) is 74.7 Å². The van der Waals surface area contributed by atoms with Crippen molar-refractivity contribution in [1.82, 2.24) is 0 Å². The lowest BCUT2D eigenvalue weighted by Gasteiger charge is -2.12. The summed E-state index contributed by atoms with van der Waals surface area (Å²) in [5, 5.41) is 0. The van der Waals surface area contributed by atoms with Crippen LogP contribution in [0.5, 0.6) is 17.2 Å². The average Bonchev–Trinajstić information content (AvgIpc) is 2.92. The summed E-state index contributed by atoms with van der Waals surface area (Å²) in [5.74, 6) is -0.230. The third-order valence-electron chi connectivity index (χ3n) is 5.59. The third kappa shape index (κ3) is 8.01. The number of benzene rings is 3. The van der Waals surface area contributed by atoms with E-state index in [1.54, 1.807) is 76.2 Å². The number of rotatable bonds is 9. The van der Waals surface area contributed by atoms with Crippen molar-refractivity contribution in [3.63, 3.8) is 0 Å². The Hall–Kier alpha value is -4.97. The van der Waals surface area contributed by atoms with Gasteiger partial charge < -0.3 is 14.2 Å². The van der Waals surface area contributed by atoms with Gasteiger partial charge in [-0.3, -0.25) is 0 Å². The fraction of sp³-hybridized carbons (Fsp3) is 0.121. The monoisotopic (exact) mass is 522 g/mol. The van der Waals surface area contributed by atoms with Gasteiger partial charge in [0.1, 0.15) is 17.2 Å². The maximum Gasteiger partial charge on any atom is 0.338 e. The fourth-order valence-corrected chi connectivity index (χ4v) is 3.19. The fourth-order valence-electron chi connectivity index (χ4n) is 3.19. The Morgan fingerprint density at radius 1 is 0.641 bits per heavy atom. The van der Waals surface area contributed by atoms with Gasteiger partial charge in [0.25, 0.3) is 0 Å². The minimum absolute atomic E-state index is 0.304. The van der Waals surface area contributed by atoms with E-state index in [0.717, 1.165) is 16.7 Å². The SMILES string of the molecule is C=C(C)C(=O)Oc1ccc(/C=C/c2ccc(-c3ccc(OC(=O)C(=C)C)cc3)c(OC(=O)/C(C)=C/C)c2)cc1. The van der Waals surface area contributed by atoms with Crippen LogP contribution in [-0.2, 0) is 14.4 Å². The van der Waals surface area contributed by atoms with Crippen LogP contribution in [0.25, 0.3) is 23.3 Å². The van der Waals surface area contributed by atoms with Gasteiger partial charge in [0, 0.05) is 22.3 Å². The van der Waals surface area contributed by atoms with Crippen LogP contribution in [0.3, 0.4) is 0 Å². The number of carbonyl (C=O) groups is 3. The molecule has 6 heteroatoms. The zero-order valence-electron chi connectivity index (χ0n) is 22.4. The highest BCUT2D eigenvalue weighted by molar-refractivity contribution is 5.91. The summed E-state index contributed by atoms with van der Waals surface area (Å²) < 4.78 is 16.2. The molecule has 39 heavy (non-hydrogen) atoms. The average molecular weight is 523 g/mol. The first kappa shape index (κ1) is 28.6. The second kappa shape index (κ2) is 13.0. The molecule has 0 N–H and O–H groups in total. The summed E-state index contributed by atoms with van der Waals surface area (Å²) >= 11 is 0. The Kier molecular flexibility index (Phi) is 9.54. The second-order valence-electron chi connectivity index (χ2n) is 8.88. The zero-order valence-corrected chi connectivity index (χ0v) is 22.4. The summed E-state index contributed by atoms with van der Waals surface area (Å²) in [5.41, 5.74) is 4.29. The molecular weight excluding hydrogens is 492 g/mol. The molecule has 0 radical (unpaired) electrons. The molecule has 198 valence electrons. The van der Waals surface area contributed by atoms with Gasteiger partial charge in [-0.1, -0.05) is 67.8 Å². The van der Waals surface area contributed by atoms with Crippen molar-refractivity contribution in [3.05, 3.63) is 114 Å². The molecule has 0 saturated heterocycles. The predicted octanol–water partition coefficient (Wildman–Crippen LogP) is 7.36. The van der Waals surface area contributed by atoms with Crippen molar-refractivity contribution in [2.24, 2.45) is 0 Å². The van der Waals surface area contributed by atoms with Crippen molar-refractivity contribution >= 4 is 30.1 Å². The summed E-state index contributed by atoms with van der Waals surface area (Å²) in [6.07, 6.45) is 5.47. The molecule has 0 aliphatic heterocycles. The van der Waals surface area contributed by atoms with E-state index in [0.29, 0.717) is 39.5 Å². The zero-order chi connectivity index (χ0) is 28.5. The van der Waals surface area contributed by atoms with Crippen molar-refractivity contribution in [3.8, 4) is 28.4 Å². The van der Waals surface area contributed by atoms with Crippen LogP contribution in [0.15, 0.2) is 103 Å². The van der Waals surface area contributed by atoms with Crippen LogP contribution in [0.4, 0.5) is 0 Å². The predicted molar refractivity (Wildman–Crippen MR) is 153 cm³/mol. The normalized spacial score (nSPS) is 11.1. The number of hydrogen-bond acceptors (Lipinski definition) is 6. The molecule has 0 unspecified atom stereocenters. The first-order valence-electron chi connectivity index (χ1n) is 12.2. The number of hydrogen-bond donors (Lipinski definition) is 0. The van der Waals surface area contributed by atoms with Crippen molar-refractivity contribution < 1.29 is 28.6 Å². The van der Waals surface area contributed by atoms with E-state index < -0.39 is 17.9 Å². The Morgan fingerprint density at radius 3 is 1.64 bits per heavy atom. The number of allylic oxidation sites excluding steroid dienone is 1. The molecule has 3 aromatic rings. The van der Waals surface area contributed by atoms with Gasteiger partial charge in [0.2, 0.25) is 0 Å². The molecule has 0 fully saturated rings. The summed E-state index contributed by atoms with van der Waals surface area (Å²) in [6.45, 7) is 13.8. The lowest BCUT2D eigenvalue weighted by Crippen LogP contribution is -2.10. The molecule has 6 nitrogen and oxygen atoms in total. The molecule has 0 aliphatic rings. The van der Waals surface area contributed by atoms with E-state index >= 15 is 0 Å². The van der Waals surface area contributed by atoms with Crippen LogP contribution < -0.4 is 14.2 Å². The van der Waals surface area contributed by atoms with Crippen LogP contribution >= 0.6 is 0 Å². The largest absolute Gasteiger partial charge is 0.423 e. The van der Waals surface area contributed by atoms with Crippen LogP contribution in [0.2, 0.25) is 0 Å². The van der Waals surface area contributed by atoms with Gasteiger partial charge in [0.05, 0.1) is 0 Å². The highest BCUT2D eigenvalue weighted by atomic mass is 16.5. The van der Waals surface area contributed by atoms with E-state index in [-0.39, 0.29) is 0 Å². The van der Waals surface area contributed by atoms with Gasteiger partial charge in [-0.25, -0.2) is 14.4 Å². The Labute approximate surface area is 228 Å². The lowest BCUT2D eigenvalue weighted by atomic mass is 10.0. The van der Waals surface area contributed by atoms with E-state index in [9.17, 15) is 14.4 Å². The summed E-state index contributed by atoms with van der Waals surface area (Å²) in [7, 11) is 0.